The summed E-state index contributed by atoms with van der Waals surface area (Å²) in [5.74, 6) is 0.215. The predicted molar refractivity (Wildman–Crippen MR) is 125 cm³/mol. The number of nitrogens with zero attached hydrogens (tertiary/aromatic N) is 2. The molecule has 3 N–H and O–H groups in total. The quantitative estimate of drug-likeness (QED) is 0.319. The molecule has 2 aromatic heterocycles. The minimum atomic E-state index is -4.27. The fourth-order valence-corrected chi connectivity index (χ4v) is 5.03. The van der Waals surface area contributed by atoms with Gasteiger partial charge < -0.3 is 14.5 Å². The zero-order chi connectivity index (χ0) is 23.4. The van der Waals surface area contributed by atoms with E-state index in [0.717, 1.165) is 5.56 Å². The van der Waals surface area contributed by atoms with E-state index < -0.39 is 16.1 Å². The summed E-state index contributed by atoms with van der Waals surface area (Å²) in [5.41, 5.74) is 1.96. The summed E-state index contributed by atoms with van der Waals surface area (Å²) in [4.78, 5) is 23.0. The number of carbonyl (C=O) groups excluding carboxylic acids is 1. The molecule has 0 unspecified atom stereocenters. The first-order valence-electron chi connectivity index (χ1n) is 9.64. The van der Waals surface area contributed by atoms with Crippen LogP contribution < -0.4 is 14.8 Å². The maximum atomic E-state index is 12.6. The van der Waals surface area contributed by atoms with Crippen LogP contribution in [0, 0.1) is 0 Å². The molecular formula is C21H17Cl2N5O4S. The van der Waals surface area contributed by atoms with Crippen LogP contribution in [0.25, 0.3) is 11.0 Å². The first kappa shape index (κ1) is 22.8. The highest BCUT2D eigenvalue weighted by Gasteiger charge is 2.24. The Bertz CT molecular complexity index is 1390. The molecule has 0 bridgehead atoms. The molecule has 2 aromatic carbocycles. The summed E-state index contributed by atoms with van der Waals surface area (Å²) in [5, 5.41) is 5.23. The van der Waals surface area contributed by atoms with Crippen molar-refractivity contribution >= 4 is 56.3 Å². The summed E-state index contributed by atoms with van der Waals surface area (Å²) < 4.78 is 30.5. The lowest BCUT2D eigenvalue weighted by Gasteiger charge is -2.09. The van der Waals surface area contributed by atoms with Gasteiger partial charge >= 0.3 is 16.1 Å². The predicted octanol–water partition coefficient (Wildman–Crippen LogP) is 4.40. The summed E-state index contributed by atoms with van der Waals surface area (Å²) in [6, 6.07) is 12.1. The number of halogens is 2. The molecule has 33 heavy (non-hydrogen) atoms. The Balaban J connectivity index is 1.42. The third kappa shape index (κ3) is 5.54. The van der Waals surface area contributed by atoms with Gasteiger partial charge in [-0.3, -0.25) is 10.3 Å². The van der Waals surface area contributed by atoms with Crippen LogP contribution in [0.1, 0.15) is 5.56 Å². The van der Waals surface area contributed by atoms with Gasteiger partial charge in [0.25, 0.3) is 0 Å². The molecule has 0 saturated carbocycles. The van der Waals surface area contributed by atoms with E-state index >= 15 is 0 Å². The monoisotopic (exact) mass is 505 g/mol. The summed E-state index contributed by atoms with van der Waals surface area (Å²) in [6.45, 7) is 0.415. The topological polar surface area (TPSA) is 126 Å². The van der Waals surface area contributed by atoms with Gasteiger partial charge in [-0.05, 0) is 42.3 Å². The van der Waals surface area contributed by atoms with Crippen molar-refractivity contribution in [2.75, 3.05) is 11.9 Å². The van der Waals surface area contributed by atoms with Gasteiger partial charge in [0, 0.05) is 25.0 Å². The van der Waals surface area contributed by atoms with Gasteiger partial charge in [-0.25, -0.2) is 9.78 Å². The van der Waals surface area contributed by atoms with Crippen molar-refractivity contribution in [2.24, 2.45) is 0 Å². The van der Waals surface area contributed by atoms with Crippen molar-refractivity contribution in [1.82, 2.24) is 20.3 Å². The van der Waals surface area contributed by atoms with Crippen LogP contribution in [-0.4, -0.2) is 35.9 Å². The van der Waals surface area contributed by atoms with Crippen molar-refractivity contribution in [3.05, 3.63) is 76.5 Å². The second-order valence-corrected chi connectivity index (χ2v) is 9.14. The van der Waals surface area contributed by atoms with E-state index in [0.29, 0.717) is 24.0 Å². The highest BCUT2D eigenvalue weighted by Crippen LogP contribution is 2.32. The van der Waals surface area contributed by atoms with E-state index in [9.17, 15) is 13.2 Å². The zero-order valence-electron chi connectivity index (χ0n) is 16.9. The molecule has 0 aliphatic heterocycles. The fourth-order valence-electron chi connectivity index (χ4n) is 3.01. The number of hydrogen-bond donors (Lipinski definition) is 3. The highest BCUT2D eigenvalue weighted by molar-refractivity contribution is 7.87. The number of fused-ring (bicyclic) bond motifs is 1. The number of aromatic amines is 1. The molecule has 0 radical (unpaired) electrons. The molecule has 0 aliphatic rings. The second-order valence-electron chi connectivity index (χ2n) is 6.84. The van der Waals surface area contributed by atoms with Crippen LogP contribution in [0.5, 0.6) is 5.75 Å². The van der Waals surface area contributed by atoms with Crippen LogP contribution in [-0.2, 0) is 16.5 Å². The third-order valence-electron chi connectivity index (χ3n) is 4.48. The molecule has 0 fully saturated rings. The van der Waals surface area contributed by atoms with Crippen LogP contribution in [0.3, 0.4) is 0 Å². The van der Waals surface area contributed by atoms with Crippen LogP contribution >= 0.6 is 23.2 Å². The Hall–Kier alpha value is -3.34. The van der Waals surface area contributed by atoms with Crippen LogP contribution in [0.2, 0.25) is 10.0 Å². The molecule has 0 aliphatic carbocycles. The lowest BCUT2D eigenvalue weighted by molar-refractivity contribution is 0.252. The minimum Gasteiger partial charge on any atom is -0.379 e. The van der Waals surface area contributed by atoms with E-state index in [4.69, 9.17) is 27.4 Å². The number of amides is 2. The van der Waals surface area contributed by atoms with Crippen LogP contribution in [0.15, 0.2) is 65.8 Å². The average molecular weight is 506 g/mol. The Morgan fingerprint density at radius 1 is 1.09 bits per heavy atom. The average Bonchev–Trinajstić information content (AvgIpc) is 3.15. The number of aromatic nitrogens is 3. The number of rotatable bonds is 7. The number of hydrogen-bond acceptors (Lipinski definition) is 6. The molecule has 4 rings (SSSR count). The van der Waals surface area contributed by atoms with Gasteiger partial charge in [-0.2, -0.15) is 8.42 Å². The molecular weight excluding hydrogens is 489 g/mol. The maximum Gasteiger partial charge on any atom is 0.342 e. The smallest absolute Gasteiger partial charge is 0.342 e. The number of carbonyl (C=O) groups is 1. The van der Waals surface area contributed by atoms with E-state index in [1.165, 1.54) is 30.3 Å². The number of anilines is 1. The molecule has 9 nitrogen and oxygen atoms in total. The lowest BCUT2D eigenvalue weighted by Crippen LogP contribution is -2.30. The standard InChI is InChI=1S/C21H17Cl2N5O4S/c22-15-4-1-5-16(23)19(15)33(30,31)32-14-6-7-17-18(11-14)27-20(26-17)28-21(29)25-10-8-13-3-2-9-24-12-13/h1-7,9,11-12H,8,10H2,(H3,25,26,27,28,29). The molecule has 0 saturated heterocycles. The SMILES string of the molecule is O=C(NCCc1cccnc1)Nc1nc2ccc(OS(=O)(=O)c3c(Cl)cccc3Cl)cc2[nH]1. The second kappa shape index (κ2) is 9.65. The molecule has 2 amide bonds. The largest absolute Gasteiger partial charge is 0.379 e. The van der Waals surface area contributed by atoms with Gasteiger partial charge in [0.2, 0.25) is 5.95 Å². The van der Waals surface area contributed by atoms with Crippen molar-refractivity contribution in [3.63, 3.8) is 0 Å². The normalized spacial score (nSPS) is 11.3. The third-order valence-corrected chi connectivity index (χ3v) is 6.69. The van der Waals surface area contributed by atoms with Gasteiger partial charge in [0.1, 0.15) is 10.6 Å². The Kier molecular flexibility index (Phi) is 6.68. The fraction of sp³-hybridized carbons (Fsp3) is 0.0952. The van der Waals surface area contributed by atoms with Crippen molar-refractivity contribution in [1.29, 1.82) is 0 Å². The van der Waals surface area contributed by atoms with Crippen molar-refractivity contribution in [3.8, 4) is 5.75 Å². The number of benzene rings is 2. The molecule has 0 atom stereocenters. The molecule has 12 heteroatoms. The Morgan fingerprint density at radius 2 is 1.88 bits per heavy atom. The van der Waals surface area contributed by atoms with Gasteiger partial charge in [0.05, 0.1) is 21.1 Å². The van der Waals surface area contributed by atoms with Crippen molar-refractivity contribution in [2.45, 2.75) is 11.3 Å². The van der Waals surface area contributed by atoms with Crippen LogP contribution in [0.4, 0.5) is 10.7 Å². The van der Waals surface area contributed by atoms with E-state index in [1.54, 1.807) is 18.5 Å². The number of urea groups is 1. The first-order valence-corrected chi connectivity index (χ1v) is 11.8. The van der Waals surface area contributed by atoms with Crippen molar-refractivity contribution < 1.29 is 17.4 Å². The number of pyridine rings is 1. The molecule has 170 valence electrons. The molecule has 2 heterocycles. The number of H-pyrrole nitrogens is 1. The summed E-state index contributed by atoms with van der Waals surface area (Å²) in [7, 11) is -4.27. The van der Waals surface area contributed by atoms with Gasteiger partial charge in [-0.1, -0.05) is 35.3 Å². The number of nitrogens with one attached hydrogen (secondary N) is 3. The van der Waals surface area contributed by atoms with E-state index in [-0.39, 0.29) is 26.6 Å². The minimum absolute atomic E-state index is 0.0228. The highest BCUT2D eigenvalue weighted by atomic mass is 35.5. The summed E-state index contributed by atoms with van der Waals surface area (Å²) >= 11 is 12.0. The molecule has 4 aromatic rings. The van der Waals surface area contributed by atoms with E-state index in [2.05, 4.69) is 25.6 Å². The maximum absolute atomic E-state index is 12.6. The summed E-state index contributed by atoms with van der Waals surface area (Å²) in [6.07, 6.45) is 4.05. The van der Waals surface area contributed by atoms with Gasteiger partial charge in [-0.15, -0.1) is 0 Å². The van der Waals surface area contributed by atoms with E-state index in [1.807, 2.05) is 12.1 Å². The first-order chi connectivity index (χ1) is 15.8. The Morgan fingerprint density at radius 3 is 2.61 bits per heavy atom. The Labute approximate surface area is 199 Å². The zero-order valence-corrected chi connectivity index (χ0v) is 19.2. The lowest BCUT2D eigenvalue weighted by atomic mass is 10.2. The number of imidazole rings is 1. The molecule has 0 spiro atoms. The van der Waals surface area contributed by atoms with Gasteiger partial charge in [0.15, 0.2) is 0 Å².